The van der Waals surface area contributed by atoms with E-state index in [1.54, 1.807) is 45.0 Å². The van der Waals surface area contributed by atoms with Gasteiger partial charge in [-0.2, -0.15) is 0 Å². The van der Waals surface area contributed by atoms with Crippen LogP contribution >= 0.6 is 0 Å². The third-order valence-corrected chi connectivity index (χ3v) is 4.46. The molecule has 1 aromatic rings. The summed E-state index contributed by atoms with van der Waals surface area (Å²) in [6.45, 7) is 5.58. The maximum Gasteiger partial charge on any atom is 0.408 e. The van der Waals surface area contributed by atoms with Crippen LogP contribution in [-0.2, 0) is 35.2 Å². The van der Waals surface area contributed by atoms with E-state index < -0.39 is 41.6 Å². The van der Waals surface area contributed by atoms with E-state index in [1.165, 1.54) is 7.11 Å². The van der Waals surface area contributed by atoms with Gasteiger partial charge in [0.05, 0.1) is 13.5 Å². The third kappa shape index (κ3) is 14.3. The Balaban J connectivity index is 2.58. The van der Waals surface area contributed by atoms with E-state index >= 15 is 0 Å². The Bertz CT molecular complexity index is 852. The number of ether oxygens (including phenoxy) is 3. The Labute approximate surface area is 205 Å². The van der Waals surface area contributed by atoms with Crippen LogP contribution in [-0.4, -0.2) is 55.3 Å². The maximum atomic E-state index is 12.6. The van der Waals surface area contributed by atoms with Gasteiger partial charge in [0.1, 0.15) is 18.2 Å². The number of carbonyl (C=O) groups excluding carboxylic acids is 5. The van der Waals surface area contributed by atoms with Crippen LogP contribution in [0.5, 0.6) is 0 Å². The second-order valence-electron chi connectivity index (χ2n) is 8.67. The van der Waals surface area contributed by atoms with Crippen LogP contribution in [0.2, 0.25) is 0 Å². The molecule has 1 rings (SSSR count). The second-order valence-corrected chi connectivity index (χ2v) is 8.67. The number of methoxy groups -OCH3 is 1. The molecule has 0 saturated carbocycles. The summed E-state index contributed by atoms with van der Waals surface area (Å²) in [5, 5.41) is 7.26. The largest absolute Gasteiger partial charge is 0.469 e. The molecule has 11 heteroatoms. The number of carbonyl (C=O) groups is 5. The summed E-state index contributed by atoms with van der Waals surface area (Å²) in [5.41, 5.74) is 0.160. The SMILES string of the molecule is COC(=O)CCC(=O)NC(=O)[C@H](CCCCNC(=O)OC(C)(C)C)NC(=O)OCc1ccccc1. The average molecular weight is 494 g/mol. The fraction of sp³-hybridized carbons (Fsp3) is 0.542. The predicted octanol–water partition coefficient (Wildman–Crippen LogP) is 2.57. The molecule has 1 aromatic carbocycles. The second kappa shape index (κ2) is 15.3. The van der Waals surface area contributed by atoms with Crippen LogP contribution in [0.3, 0.4) is 0 Å². The molecule has 3 N–H and O–H groups in total. The van der Waals surface area contributed by atoms with Crippen LogP contribution in [0.1, 0.15) is 58.4 Å². The Morgan fingerprint density at radius 1 is 0.943 bits per heavy atom. The van der Waals surface area contributed by atoms with E-state index in [0.29, 0.717) is 19.4 Å². The van der Waals surface area contributed by atoms with Gasteiger partial charge in [-0.3, -0.25) is 19.7 Å². The van der Waals surface area contributed by atoms with E-state index in [4.69, 9.17) is 9.47 Å². The summed E-state index contributed by atoms with van der Waals surface area (Å²) >= 11 is 0. The summed E-state index contributed by atoms with van der Waals surface area (Å²) in [6, 6.07) is 7.96. The lowest BCUT2D eigenvalue weighted by atomic mass is 10.1. The molecule has 0 aliphatic carbocycles. The minimum absolute atomic E-state index is 0.0128. The fourth-order valence-corrected chi connectivity index (χ4v) is 2.76. The van der Waals surface area contributed by atoms with Gasteiger partial charge in [-0.25, -0.2) is 9.59 Å². The summed E-state index contributed by atoms with van der Waals surface area (Å²) in [4.78, 5) is 59.7. The Morgan fingerprint density at radius 3 is 2.26 bits per heavy atom. The van der Waals surface area contributed by atoms with Crippen molar-refractivity contribution in [3.8, 4) is 0 Å². The van der Waals surface area contributed by atoms with E-state index in [1.807, 2.05) is 6.07 Å². The third-order valence-electron chi connectivity index (χ3n) is 4.46. The first-order chi connectivity index (χ1) is 16.5. The molecule has 1 atom stereocenters. The lowest BCUT2D eigenvalue weighted by Gasteiger charge is -2.20. The van der Waals surface area contributed by atoms with Gasteiger partial charge in [-0.15, -0.1) is 0 Å². The van der Waals surface area contributed by atoms with Gasteiger partial charge >= 0.3 is 18.2 Å². The molecule has 35 heavy (non-hydrogen) atoms. The summed E-state index contributed by atoms with van der Waals surface area (Å²) < 4.78 is 14.8. The number of hydrogen-bond donors (Lipinski definition) is 3. The number of nitrogens with one attached hydrogen (secondary N) is 3. The standard InChI is InChI=1S/C24H35N3O8/c1-24(2,3)35-22(31)25-15-9-8-12-18(21(30)27-19(28)13-14-20(29)33-4)26-23(32)34-16-17-10-6-5-7-11-17/h5-7,10-11,18H,8-9,12-16H2,1-4H3,(H,25,31)(H,26,32)(H,27,28,30)/t18-/m0/s1. The molecule has 0 heterocycles. The van der Waals surface area contributed by atoms with Crippen molar-refractivity contribution in [2.24, 2.45) is 0 Å². The number of esters is 1. The van der Waals surface area contributed by atoms with Crippen LogP contribution < -0.4 is 16.0 Å². The molecular formula is C24H35N3O8. The van der Waals surface area contributed by atoms with E-state index in [2.05, 4.69) is 20.7 Å². The van der Waals surface area contributed by atoms with Gasteiger partial charge in [0.25, 0.3) is 0 Å². The minimum atomic E-state index is -1.05. The van der Waals surface area contributed by atoms with Gasteiger partial charge in [0, 0.05) is 13.0 Å². The highest BCUT2D eigenvalue weighted by Crippen LogP contribution is 2.07. The molecule has 0 aliphatic rings. The van der Waals surface area contributed by atoms with Crippen molar-refractivity contribution in [2.75, 3.05) is 13.7 Å². The highest BCUT2D eigenvalue weighted by Gasteiger charge is 2.23. The molecule has 11 nitrogen and oxygen atoms in total. The molecule has 0 aromatic heterocycles. The minimum Gasteiger partial charge on any atom is -0.469 e. The fourth-order valence-electron chi connectivity index (χ4n) is 2.76. The smallest absolute Gasteiger partial charge is 0.408 e. The van der Waals surface area contributed by atoms with Gasteiger partial charge < -0.3 is 24.8 Å². The number of hydrogen-bond acceptors (Lipinski definition) is 8. The van der Waals surface area contributed by atoms with Crippen LogP contribution in [0.4, 0.5) is 9.59 Å². The van der Waals surface area contributed by atoms with Crippen LogP contribution in [0.15, 0.2) is 30.3 Å². The molecule has 4 amide bonds. The lowest BCUT2D eigenvalue weighted by molar-refractivity contribution is -0.143. The number of benzene rings is 1. The zero-order chi connectivity index (χ0) is 26.3. The maximum absolute atomic E-state index is 12.6. The van der Waals surface area contributed by atoms with Crippen molar-refractivity contribution in [3.05, 3.63) is 35.9 Å². The zero-order valence-corrected chi connectivity index (χ0v) is 20.7. The molecule has 0 spiro atoms. The number of imide groups is 1. The number of alkyl carbamates (subject to hydrolysis) is 2. The highest BCUT2D eigenvalue weighted by molar-refractivity contribution is 5.99. The average Bonchev–Trinajstić information content (AvgIpc) is 2.79. The van der Waals surface area contributed by atoms with Gasteiger partial charge in [-0.1, -0.05) is 30.3 Å². The van der Waals surface area contributed by atoms with Crippen molar-refractivity contribution >= 4 is 30.0 Å². The molecule has 194 valence electrons. The zero-order valence-electron chi connectivity index (χ0n) is 20.7. The van der Waals surface area contributed by atoms with E-state index in [-0.39, 0.29) is 25.9 Å². The Morgan fingerprint density at radius 2 is 1.63 bits per heavy atom. The molecular weight excluding hydrogens is 458 g/mol. The molecule has 0 bridgehead atoms. The normalized spacial score (nSPS) is 11.5. The molecule has 0 radical (unpaired) electrons. The van der Waals surface area contributed by atoms with Crippen molar-refractivity contribution in [1.82, 2.24) is 16.0 Å². The van der Waals surface area contributed by atoms with E-state index in [0.717, 1.165) is 5.56 Å². The quantitative estimate of drug-likeness (QED) is 0.228. The molecule has 0 fully saturated rings. The highest BCUT2D eigenvalue weighted by atomic mass is 16.6. The first-order valence-electron chi connectivity index (χ1n) is 11.3. The first-order valence-corrected chi connectivity index (χ1v) is 11.3. The molecule has 0 unspecified atom stereocenters. The summed E-state index contributed by atoms with van der Waals surface area (Å²) in [6.07, 6.45) is -0.643. The molecule has 0 saturated heterocycles. The Hall–Kier alpha value is -3.63. The number of rotatable bonds is 12. The van der Waals surface area contributed by atoms with Crippen molar-refractivity contribution < 1.29 is 38.2 Å². The number of unbranched alkanes of at least 4 members (excludes halogenated alkanes) is 1. The summed E-state index contributed by atoms with van der Waals surface area (Å²) in [7, 11) is 1.20. The lowest BCUT2D eigenvalue weighted by Crippen LogP contribution is -2.48. The Kier molecular flexibility index (Phi) is 12.9. The van der Waals surface area contributed by atoms with Crippen LogP contribution in [0.25, 0.3) is 0 Å². The van der Waals surface area contributed by atoms with Crippen molar-refractivity contribution in [2.45, 2.75) is 71.1 Å². The van der Waals surface area contributed by atoms with Gasteiger partial charge in [0.15, 0.2) is 0 Å². The monoisotopic (exact) mass is 493 g/mol. The predicted molar refractivity (Wildman–Crippen MR) is 126 cm³/mol. The first kappa shape index (κ1) is 29.4. The van der Waals surface area contributed by atoms with Gasteiger partial charge in [-0.05, 0) is 45.6 Å². The van der Waals surface area contributed by atoms with Crippen LogP contribution in [0, 0.1) is 0 Å². The van der Waals surface area contributed by atoms with Crippen molar-refractivity contribution in [3.63, 3.8) is 0 Å². The van der Waals surface area contributed by atoms with Gasteiger partial charge in [0.2, 0.25) is 11.8 Å². The summed E-state index contributed by atoms with van der Waals surface area (Å²) in [5.74, 6) is -1.97. The van der Waals surface area contributed by atoms with E-state index in [9.17, 15) is 24.0 Å². The molecule has 0 aliphatic heterocycles. The topological polar surface area (TPSA) is 149 Å². The number of amides is 4. The van der Waals surface area contributed by atoms with Crippen molar-refractivity contribution in [1.29, 1.82) is 0 Å².